The van der Waals surface area contributed by atoms with Gasteiger partial charge in [0.2, 0.25) is 0 Å². The average Bonchev–Trinajstić information content (AvgIpc) is 2.79. The van der Waals surface area contributed by atoms with Crippen LogP contribution in [0.25, 0.3) is 11.2 Å². The van der Waals surface area contributed by atoms with Crippen LogP contribution >= 0.6 is 11.6 Å². The molecule has 0 saturated carbocycles. The number of pyridine rings is 1. The lowest BCUT2D eigenvalue weighted by Crippen LogP contribution is -2.25. The number of halogens is 1. The summed E-state index contributed by atoms with van der Waals surface area (Å²) in [6, 6.07) is 1.95. The van der Waals surface area contributed by atoms with Crippen molar-refractivity contribution in [2.24, 2.45) is 0 Å². The topological polar surface area (TPSA) is 49.2 Å². The van der Waals surface area contributed by atoms with Crippen molar-refractivity contribution in [2.75, 3.05) is 20.8 Å². The maximum absolute atomic E-state index is 6.25. The smallest absolute Gasteiger partial charge is 0.160 e. The van der Waals surface area contributed by atoms with Crippen molar-refractivity contribution in [3.05, 3.63) is 23.7 Å². The summed E-state index contributed by atoms with van der Waals surface area (Å²) in [6.45, 7) is 5.06. The first kappa shape index (κ1) is 15.2. The second kappa shape index (κ2) is 6.52. The van der Waals surface area contributed by atoms with Gasteiger partial charge in [0.25, 0.3) is 0 Å². The minimum atomic E-state index is -0.191. The Balaban J connectivity index is 2.48. The molecule has 0 spiro atoms. The summed E-state index contributed by atoms with van der Waals surface area (Å²) >= 11 is 6.25. The molecule has 2 aromatic rings. The molecule has 0 radical (unpaired) electrons. The van der Waals surface area contributed by atoms with Crippen LogP contribution in [-0.2, 0) is 16.0 Å². The largest absolute Gasteiger partial charge is 0.382 e. The average molecular weight is 298 g/mol. The summed E-state index contributed by atoms with van der Waals surface area (Å²) in [5.41, 5.74) is 2.82. The number of rotatable bonds is 6. The Hall–Kier alpha value is -1.17. The van der Waals surface area contributed by atoms with Gasteiger partial charge in [0.1, 0.15) is 11.3 Å². The number of aryl methyl sites for hydroxylation is 1. The van der Waals surface area contributed by atoms with Crippen LogP contribution in [0.3, 0.4) is 0 Å². The van der Waals surface area contributed by atoms with E-state index in [4.69, 9.17) is 21.1 Å². The molecule has 2 rings (SSSR count). The zero-order valence-corrected chi connectivity index (χ0v) is 13.0. The maximum Gasteiger partial charge on any atom is 0.160 e. The highest BCUT2D eigenvalue weighted by molar-refractivity contribution is 6.20. The number of fused-ring (bicyclic) bond motifs is 1. The van der Waals surface area contributed by atoms with E-state index in [0.29, 0.717) is 13.2 Å². The van der Waals surface area contributed by atoms with Crippen molar-refractivity contribution in [1.82, 2.24) is 14.5 Å². The van der Waals surface area contributed by atoms with E-state index < -0.39 is 0 Å². The van der Waals surface area contributed by atoms with Crippen LogP contribution in [-0.4, -0.2) is 41.5 Å². The fourth-order valence-electron chi connectivity index (χ4n) is 2.22. The quantitative estimate of drug-likeness (QED) is 0.769. The van der Waals surface area contributed by atoms with Crippen LogP contribution in [0, 0.1) is 6.92 Å². The molecule has 0 N–H and O–H groups in total. The predicted molar refractivity (Wildman–Crippen MR) is 79.2 cm³/mol. The van der Waals surface area contributed by atoms with Gasteiger partial charge >= 0.3 is 0 Å². The van der Waals surface area contributed by atoms with E-state index in [1.54, 1.807) is 20.4 Å². The molecule has 0 bridgehead atoms. The molecule has 0 fully saturated rings. The molecular formula is C14H20ClN3O2. The molecule has 0 aliphatic rings. The van der Waals surface area contributed by atoms with Gasteiger partial charge in [-0.2, -0.15) is 0 Å². The number of hydrogen-bond acceptors (Lipinski definition) is 4. The highest BCUT2D eigenvalue weighted by Gasteiger charge is 2.20. The fourth-order valence-corrected chi connectivity index (χ4v) is 2.39. The zero-order valence-electron chi connectivity index (χ0n) is 12.3. The third kappa shape index (κ3) is 2.95. The van der Waals surface area contributed by atoms with Crippen molar-refractivity contribution < 1.29 is 9.47 Å². The first-order valence-corrected chi connectivity index (χ1v) is 6.99. The Morgan fingerprint density at radius 1 is 1.40 bits per heavy atom. The molecule has 0 aliphatic carbocycles. The summed E-state index contributed by atoms with van der Waals surface area (Å²) in [5, 5.41) is -0.191. The summed E-state index contributed by atoms with van der Waals surface area (Å²) in [4.78, 5) is 9.07. The molecule has 20 heavy (non-hydrogen) atoms. The Bertz CT molecular complexity index is 583. The number of nitrogens with zero attached hydrogens (tertiary/aromatic N) is 3. The maximum atomic E-state index is 6.25. The minimum Gasteiger partial charge on any atom is -0.382 e. The molecule has 2 atom stereocenters. The molecule has 2 unspecified atom stereocenters. The molecule has 0 saturated heterocycles. The number of hydrogen-bond donors (Lipinski definition) is 0. The van der Waals surface area contributed by atoms with Gasteiger partial charge < -0.3 is 14.0 Å². The fraction of sp³-hybridized carbons (Fsp3) is 0.571. The lowest BCUT2D eigenvalue weighted by molar-refractivity contribution is 0.0185. The number of aromatic nitrogens is 3. The van der Waals surface area contributed by atoms with E-state index in [1.165, 1.54) is 0 Å². The molecule has 6 heteroatoms. The molecule has 0 aliphatic heterocycles. The molecule has 0 aromatic carbocycles. The SMILES string of the molecule is COCC(Cn1c(C(C)Cl)nc2c(C)ccnc21)OC. The van der Waals surface area contributed by atoms with Crippen molar-refractivity contribution in [3.63, 3.8) is 0 Å². The molecule has 0 amide bonds. The lowest BCUT2D eigenvalue weighted by Gasteiger charge is -2.17. The van der Waals surface area contributed by atoms with E-state index in [1.807, 2.05) is 24.5 Å². The standard InChI is InChI=1S/C14H20ClN3O2/c1-9-5-6-16-14-12(9)17-13(10(2)15)18(14)7-11(20-4)8-19-3/h5-6,10-11H,7-8H2,1-4H3. The Morgan fingerprint density at radius 2 is 2.15 bits per heavy atom. The van der Waals surface area contributed by atoms with E-state index in [2.05, 4.69) is 9.97 Å². The first-order valence-electron chi connectivity index (χ1n) is 6.56. The number of methoxy groups -OCH3 is 2. The lowest BCUT2D eigenvalue weighted by atomic mass is 10.3. The second-order valence-corrected chi connectivity index (χ2v) is 5.46. The van der Waals surface area contributed by atoms with Gasteiger partial charge in [0.15, 0.2) is 5.65 Å². The van der Waals surface area contributed by atoms with Gasteiger partial charge in [-0.05, 0) is 25.5 Å². The Morgan fingerprint density at radius 3 is 2.75 bits per heavy atom. The van der Waals surface area contributed by atoms with Crippen molar-refractivity contribution in [1.29, 1.82) is 0 Å². The number of imidazole rings is 1. The van der Waals surface area contributed by atoms with Crippen LogP contribution in [0.2, 0.25) is 0 Å². The third-order valence-corrected chi connectivity index (χ3v) is 3.49. The van der Waals surface area contributed by atoms with E-state index in [-0.39, 0.29) is 11.5 Å². The van der Waals surface area contributed by atoms with Gasteiger partial charge in [-0.25, -0.2) is 9.97 Å². The van der Waals surface area contributed by atoms with Crippen molar-refractivity contribution >= 4 is 22.8 Å². The Labute approximate surface area is 123 Å². The van der Waals surface area contributed by atoms with E-state index >= 15 is 0 Å². The van der Waals surface area contributed by atoms with Crippen LogP contribution in [0.4, 0.5) is 0 Å². The molecule has 2 heterocycles. The van der Waals surface area contributed by atoms with Gasteiger partial charge in [-0.3, -0.25) is 0 Å². The van der Waals surface area contributed by atoms with Gasteiger partial charge in [0.05, 0.1) is 24.6 Å². The number of ether oxygens (including phenoxy) is 2. The second-order valence-electron chi connectivity index (χ2n) is 4.81. The predicted octanol–water partition coefficient (Wildman–Crippen LogP) is 2.70. The van der Waals surface area contributed by atoms with Crippen molar-refractivity contribution in [3.8, 4) is 0 Å². The molecular weight excluding hydrogens is 278 g/mol. The molecule has 5 nitrogen and oxygen atoms in total. The third-order valence-electron chi connectivity index (χ3n) is 3.29. The van der Waals surface area contributed by atoms with Crippen LogP contribution < -0.4 is 0 Å². The van der Waals surface area contributed by atoms with Crippen LogP contribution in [0.15, 0.2) is 12.3 Å². The van der Waals surface area contributed by atoms with Gasteiger partial charge in [0, 0.05) is 20.4 Å². The van der Waals surface area contributed by atoms with E-state index in [0.717, 1.165) is 22.6 Å². The highest BCUT2D eigenvalue weighted by atomic mass is 35.5. The number of alkyl halides is 1. The monoisotopic (exact) mass is 297 g/mol. The Kier molecular flexibility index (Phi) is 4.96. The zero-order chi connectivity index (χ0) is 14.7. The highest BCUT2D eigenvalue weighted by Crippen LogP contribution is 2.25. The van der Waals surface area contributed by atoms with Crippen LogP contribution in [0.5, 0.6) is 0 Å². The van der Waals surface area contributed by atoms with E-state index in [9.17, 15) is 0 Å². The van der Waals surface area contributed by atoms with Crippen molar-refractivity contribution in [2.45, 2.75) is 31.9 Å². The van der Waals surface area contributed by atoms with Gasteiger partial charge in [-0.15, -0.1) is 11.6 Å². The van der Waals surface area contributed by atoms with Crippen LogP contribution in [0.1, 0.15) is 23.7 Å². The molecule has 2 aromatic heterocycles. The summed E-state index contributed by atoms with van der Waals surface area (Å²) in [6.07, 6.45) is 1.73. The first-order chi connectivity index (χ1) is 9.58. The van der Waals surface area contributed by atoms with Gasteiger partial charge in [-0.1, -0.05) is 0 Å². The molecule has 110 valence electrons. The summed E-state index contributed by atoms with van der Waals surface area (Å²) in [5.74, 6) is 0.807. The summed E-state index contributed by atoms with van der Waals surface area (Å²) < 4.78 is 12.6. The minimum absolute atomic E-state index is 0.0612. The normalized spacial score (nSPS) is 14.7. The summed E-state index contributed by atoms with van der Waals surface area (Å²) in [7, 11) is 3.33.